The number of nitrogens with one attached hydrogen (secondary N) is 1. The van der Waals surface area contributed by atoms with Crippen molar-refractivity contribution in [1.29, 1.82) is 0 Å². The van der Waals surface area contributed by atoms with Gasteiger partial charge in [0.05, 0.1) is 0 Å². The summed E-state index contributed by atoms with van der Waals surface area (Å²) in [6.07, 6.45) is 3.32. The number of hydrogen-bond acceptors (Lipinski definition) is 3. The highest BCUT2D eigenvalue weighted by molar-refractivity contribution is 5.94. The fraction of sp³-hybridized carbons (Fsp3) is 0.500. The van der Waals surface area contributed by atoms with E-state index in [1.54, 1.807) is 6.07 Å². The van der Waals surface area contributed by atoms with Crippen LogP contribution >= 0.6 is 0 Å². The predicted molar refractivity (Wildman–Crippen MR) is 102 cm³/mol. The minimum Gasteiger partial charge on any atom is -0.477 e. The van der Waals surface area contributed by atoms with Crippen LogP contribution in [0.3, 0.4) is 0 Å². The van der Waals surface area contributed by atoms with Crippen LogP contribution in [0.15, 0.2) is 30.3 Å². The Hall–Kier alpha value is -2.50. The van der Waals surface area contributed by atoms with E-state index in [1.165, 1.54) is 0 Å². The van der Waals surface area contributed by atoms with E-state index < -0.39 is 11.6 Å². The minimum atomic E-state index is -0.900. The second-order valence-electron chi connectivity index (χ2n) is 7.39. The van der Waals surface area contributed by atoms with Crippen molar-refractivity contribution in [1.82, 2.24) is 9.88 Å². The summed E-state index contributed by atoms with van der Waals surface area (Å²) in [5, 5.41) is 13.1. The third kappa shape index (κ3) is 5.79. The number of alkyl carbamates (subject to hydrolysis) is 1. The van der Waals surface area contributed by atoms with E-state index in [4.69, 9.17) is 4.74 Å². The topological polar surface area (TPSA) is 80.6 Å². The second kappa shape index (κ2) is 8.74. The van der Waals surface area contributed by atoms with Crippen LogP contribution in [0.1, 0.15) is 56.9 Å². The molecule has 1 aromatic carbocycles. The van der Waals surface area contributed by atoms with Crippen LogP contribution in [0.5, 0.6) is 0 Å². The zero-order valence-corrected chi connectivity index (χ0v) is 15.7. The molecule has 1 heterocycles. The first-order valence-electron chi connectivity index (χ1n) is 9.06. The van der Waals surface area contributed by atoms with Gasteiger partial charge in [0, 0.05) is 24.0 Å². The average Bonchev–Trinajstić information content (AvgIpc) is 2.91. The van der Waals surface area contributed by atoms with Crippen molar-refractivity contribution in [2.24, 2.45) is 0 Å². The van der Waals surface area contributed by atoms with E-state index in [-0.39, 0.29) is 6.09 Å². The second-order valence-corrected chi connectivity index (χ2v) is 7.39. The number of ether oxygens (including phenoxy) is 1. The molecule has 0 saturated carbocycles. The van der Waals surface area contributed by atoms with Gasteiger partial charge < -0.3 is 19.7 Å². The molecule has 0 bridgehead atoms. The van der Waals surface area contributed by atoms with Gasteiger partial charge in [-0.1, -0.05) is 31.0 Å². The van der Waals surface area contributed by atoms with Gasteiger partial charge >= 0.3 is 12.1 Å². The zero-order chi connectivity index (χ0) is 19.2. The number of carbonyl (C=O) groups excluding carboxylic acids is 1. The van der Waals surface area contributed by atoms with E-state index in [0.29, 0.717) is 18.8 Å². The normalized spacial score (nSPS) is 11.5. The quantitative estimate of drug-likeness (QED) is 0.683. The molecule has 2 aromatic rings. The predicted octanol–water partition coefficient (Wildman–Crippen LogP) is 4.42. The fourth-order valence-electron chi connectivity index (χ4n) is 2.88. The monoisotopic (exact) mass is 360 g/mol. The van der Waals surface area contributed by atoms with E-state index in [1.807, 2.05) is 49.6 Å². The number of aromatic carboxylic acids is 1. The minimum absolute atomic E-state index is 0.331. The molecule has 0 aliphatic heterocycles. The lowest BCUT2D eigenvalue weighted by Crippen LogP contribution is -2.32. The summed E-state index contributed by atoms with van der Waals surface area (Å²) in [6, 6.07) is 9.44. The van der Waals surface area contributed by atoms with Crippen molar-refractivity contribution >= 4 is 23.0 Å². The van der Waals surface area contributed by atoms with Gasteiger partial charge in [0.15, 0.2) is 0 Å². The van der Waals surface area contributed by atoms with Gasteiger partial charge in [-0.15, -0.1) is 0 Å². The summed E-state index contributed by atoms with van der Waals surface area (Å²) in [7, 11) is 0. The third-order valence-corrected chi connectivity index (χ3v) is 4.01. The van der Waals surface area contributed by atoms with Gasteiger partial charge in [0.2, 0.25) is 0 Å². The highest BCUT2D eigenvalue weighted by atomic mass is 16.6. The van der Waals surface area contributed by atoms with E-state index in [9.17, 15) is 14.7 Å². The summed E-state index contributed by atoms with van der Waals surface area (Å²) >= 11 is 0. The molecule has 1 aromatic heterocycles. The molecule has 0 spiro atoms. The summed E-state index contributed by atoms with van der Waals surface area (Å²) in [5.74, 6) is -0.900. The maximum atomic E-state index is 11.5. The van der Waals surface area contributed by atoms with Crippen molar-refractivity contribution in [3.63, 3.8) is 0 Å². The lowest BCUT2D eigenvalue weighted by molar-refractivity contribution is 0.0526. The first-order chi connectivity index (χ1) is 12.3. The molecule has 0 saturated heterocycles. The first kappa shape index (κ1) is 19.8. The Morgan fingerprint density at radius 3 is 2.50 bits per heavy atom. The van der Waals surface area contributed by atoms with Crippen molar-refractivity contribution < 1.29 is 19.4 Å². The Kier molecular flexibility index (Phi) is 6.66. The average molecular weight is 360 g/mol. The third-order valence-electron chi connectivity index (χ3n) is 4.01. The van der Waals surface area contributed by atoms with Gasteiger partial charge in [-0.25, -0.2) is 9.59 Å². The van der Waals surface area contributed by atoms with Crippen LogP contribution in [0.25, 0.3) is 10.9 Å². The number of unbranched alkanes of at least 4 members (excludes halogenated alkanes) is 3. The Morgan fingerprint density at radius 1 is 1.12 bits per heavy atom. The van der Waals surface area contributed by atoms with Crippen LogP contribution in [0.2, 0.25) is 0 Å². The smallest absolute Gasteiger partial charge is 0.407 e. The molecule has 0 radical (unpaired) electrons. The molecule has 142 valence electrons. The number of amides is 1. The Balaban J connectivity index is 1.74. The van der Waals surface area contributed by atoms with Crippen molar-refractivity contribution in [3.05, 3.63) is 36.0 Å². The standard InChI is InChI=1S/C20H28N2O4/c1-20(2,3)26-19(25)21-12-8-4-5-9-13-22-16-11-7-6-10-15(16)14-17(22)18(23)24/h6-7,10-11,14H,4-5,8-9,12-13H2,1-3H3,(H,21,25)(H,23,24). The summed E-state index contributed by atoms with van der Waals surface area (Å²) in [5.41, 5.74) is 0.806. The van der Waals surface area contributed by atoms with E-state index in [2.05, 4.69) is 5.32 Å². The fourth-order valence-corrected chi connectivity index (χ4v) is 2.88. The Morgan fingerprint density at radius 2 is 1.81 bits per heavy atom. The molecule has 2 N–H and O–H groups in total. The van der Waals surface area contributed by atoms with Crippen LogP contribution in [0, 0.1) is 0 Å². The Bertz CT molecular complexity index is 759. The lowest BCUT2D eigenvalue weighted by atomic mass is 10.2. The number of benzene rings is 1. The SMILES string of the molecule is CC(C)(C)OC(=O)NCCCCCCn1c(C(=O)O)cc2ccccc21. The van der Waals surface area contributed by atoms with Crippen LogP contribution < -0.4 is 5.32 Å². The van der Waals surface area contributed by atoms with Crippen LogP contribution in [-0.2, 0) is 11.3 Å². The largest absolute Gasteiger partial charge is 0.477 e. The van der Waals surface area contributed by atoms with Gasteiger partial charge in [-0.2, -0.15) is 0 Å². The van der Waals surface area contributed by atoms with Gasteiger partial charge in [-0.3, -0.25) is 0 Å². The number of para-hydroxylation sites is 1. The van der Waals surface area contributed by atoms with Crippen molar-refractivity contribution in [2.75, 3.05) is 6.54 Å². The maximum Gasteiger partial charge on any atom is 0.407 e. The molecule has 6 nitrogen and oxygen atoms in total. The van der Waals surface area contributed by atoms with Gasteiger partial charge in [0.25, 0.3) is 0 Å². The maximum absolute atomic E-state index is 11.5. The molecular formula is C20H28N2O4. The number of carbonyl (C=O) groups is 2. The molecule has 0 unspecified atom stereocenters. The van der Waals surface area contributed by atoms with Gasteiger partial charge in [0.1, 0.15) is 11.3 Å². The molecule has 26 heavy (non-hydrogen) atoms. The van der Waals surface area contributed by atoms with E-state index >= 15 is 0 Å². The van der Waals surface area contributed by atoms with Crippen LogP contribution in [0.4, 0.5) is 4.79 Å². The van der Waals surface area contributed by atoms with Crippen molar-refractivity contribution in [2.45, 2.75) is 58.6 Å². The van der Waals surface area contributed by atoms with Crippen molar-refractivity contribution in [3.8, 4) is 0 Å². The summed E-state index contributed by atoms with van der Waals surface area (Å²) in [4.78, 5) is 23.0. The number of carboxylic acid groups (broad SMARTS) is 1. The van der Waals surface area contributed by atoms with E-state index in [0.717, 1.165) is 36.6 Å². The first-order valence-corrected chi connectivity index (χ1v) is 9.06. The molecular weight excluding hydrogens is 332 g/mol. The number of carboxylic acids is 1. The molecule has 0 fully saturated rings. The number of aryl methyl sites for hydroxylation is 1. The molecule has 6 heteroatoms. The number of hydrogen-bond donors (Lipinski definition) is 2. The molecule has 2 rings (SSSR count). The highest BCUT2D eigenvalue weighted by Crippen LogP contribution is 2.21. The molecule has 0 aliphatic carbocycles. The number of aromatic nitrogens is 1. The lowest BCUT2D eigenvalue weighted by Gasteiger charge is -2.19. The number of fused-ring (bicyclic) bond motifs is 1. The zero-order valence-electron chi connectivity index (χ0n) is 15.7. The van der Waals surface area contributed by atoms with Crippen LogP contribution in [-0.4, -0.2) is 33.9 Å². The molecule has 1 amide bonds. The summed E-state index contributed by atoms with van der Waals surface area (Å²) in [6.45, 7) is 6.77. The Labute approximate surface area is 154 Å². The molecule has 0 atom stereocenters. The van der Waals surface area contributed by atoms with Gasteiger partial charge in [-0.05, 0) is 45.7 Å². The summed E-state index contributed by atoms with van der Waals surface area (Å²) < 4.78 is 7.05. The number of rotatable bonds is 8. The number of nitrogens with zero attached hydrogens (tertiary/aromatic N) is 1. The molecule has 0 aliphatic rings. The highest BCUT2D eigenvalue weighted by Gasteiger charge is 2.15.